The van der Waals surface area contributed by atoms with Crippen LogP contribution in [0, 0.1) is 11.8 Å². The van der Waals surface area contributed by atoms with E-state index in [0.717, 1.165) is 19.0 Å². The minimum Gasteiger partial charge on any atom is -0.338 e. The fourth-order valence-corrected chi connectivity index (χ4v) is 4.63. The van der Waals surface area contributed by atoms with Gasteiger partial charge in [0.05, 0.1) is 6.04 Å². The molecule has 3 rings (SSSR count). The van der Waals surface area contributed by atoms with Crippen molar-refractivity contribution in [3.05, 3.63) is 0 Å². The van der Waals surface area contributed by atoms with Crippen LogP contribution in [0.3, 0.4) is 0 Å². The Morgan fingerprint density at radius 2 is 1.80 bits per heavy atom. The number of hydrogen-bond acceptors (Lipinski definition) is 2. The molecule has 0 aromatic rings. The van der Waals surface area contributed by atoms with E-state index < -0.39 is 0 Å². The van der Waals surface area contributed by atoms with Crippen molar-refractivity contribution in [3.8, 4) is 0 Å². The van der Waals surface area contributed by atoms with Crippen LogP contribution in [0.5, 0.6) is 0 Å². The molecule has 1 saturated carbocycles. The van der Waals surface area contributed by atoms with Gasteiger partial charge in [0.15, 0.2) is 0 Å². The standard InChI is InChI=1S/C17H30N2O/c1-13-7-5-11-18-16(13)17(20)19-12-6-10-15(19)14-8-3-2-4-9-14/h13-16,18H,2-12H2,1H3. The molecule has 3 heteroatoms. The van der Waals surface area contributed by atoms with Gasteiger partial charge < -0.3 is 10.2 Å². The van der Waals surface area contributed by atoms with Crippen molar-refractivity contribution >= 4 is 5.91 Å². The summed E-state index contributed by atoms with van der Waals surface area (Å²) in [7, 11) is 0. The van der Waals surface area contributed by atoms with Crippen LogP contribution < -0.4 is 5.32 Å². The molecule has 3 fully saturated rings. The van der Waals surface area contributed by atoms with Crippen molar-refractivity contribution in [1.82, 2.24) is 10.2 Å². The second kappa shape index (κ2) is 6.46. The topological polar surface area (TPSA) is 32.3 Å². The van der Waals surface area contributed by atoms with Gasteiger partial charge in [-0.3, -0.25) is 4.79 Å². The number of nitrogens with zero attached hydrogens (tertiary/aromatic N) is 1. The molecule has 3 unspecified atom stereocenters. The Balaban J connectivity index is 1.66. The molecule has 0 bridgehead atoms. The highest BCUT2D eigenvalue weighted by atomic mass is 16.2. The molecule has 0 radical (unpaired) electrons. The Labute approximate surface area is 123 Å². The van der Waals surface area contributed by atoms with Gasteiger partial charge in [-0.25, -0.2) is 0 Å². The van der Waals surface area contributed by atoms with Crippen LogP contribution >= 0.6 is 0 Å². The number of carbonyl (C=O) groups excluding carboxylic acids is 1. The van der Waals surface area contributed by atoms with Crippen molar-refractivity contribution in [2.45, 2.75) is 76.8 Å². The SMILES string of the molecule is CC1CCCNC1C(=O)N1CCCC1C1CCCCC1. The average molecular weight is 278 g/mol. The predicted octanol–water partition coefficient (Wildman–Crippen LogP) is 2.95. The first-order valence-corrected chi connectivity index (χ1v) is 8.81. The van der Waals surface area contributed by atoms with Gasteiger partial charge in [0, 0.05) is 12.6 Å². The molecule has 0 aromatic heterocycles. The molecular formula is C17H30N2O. The number of hydrogen-bond donors (Lipinski definition) is 1. The molecule has 1 N–H and O–H groups in total. The Bertz CT molecular complexity index is 338. The van der Waals surface area contributed by atoms with E-state index >= 15 is 0 Å². The van der Waals surface area contributed by atoms with Crippen molar-refractivity contribution in [3.63, 3.8) is 0 Å². The summed E-state index contributed by atoms with van der Waals surface area (Å²) >= 11 is 0. The van der Waals surface area contributed by atoms with Gasteiger partial charge >= 0.3 is 0 Å². The molecule has 114 valence electrons. The van der Waals surface area contributed by atoms with Crippen LogP contribution in [0.25, 0.3) is 0 Å². The second-order valence-electron chi connectivity index (χ2n) is 7.19. The largest absolute Gasteiger partial charge is 0.338 e. The molecule has 2 aliphatic heterocycles. The number of piperidine rings is 1. The molecule has 3 aliphatic rings. The van der Waals surface area contributed by atoms with Crippen LogP contribution in [0.15, 0.2) is 0 Å². The minimum atomic E-state index is 0.0907. The van der Waals surface area contributed by atoms with Crippen LogP contribution in [0.1, 0.15) is 64.7 Å². The summed E-state index contributed by atoms with van der Waals surface area (Å²) in [5.74, 6) is 1.70. The fraction of sp³-hybridized carbons (Fsp3) is 0.941. The van der Waals surface area contributed by atoms with E-state index in [1.54, 1.807) is 0 Å². The van der Waals surface area contributed by atoms with E-state index in [4.69, 9.17) is 0 Å². The highest BCUT2D eigenvalue weighted by Crippen LogP contribution is 2.35. The first-order chi connectivity index (χ1) is 9.77. The molecule has 1 aliphatic carbocycles. The molecular weight excluding hydrogens is 248 g/mol. The molecule has 3 atom stereocenters. The van der Waals surface area contributed by atoms with E-state index in [2.05, 4.69) is 17.1 Å². The van der Waals surface area contributed by atoms with Crippen LogP contribution in [0.2, 0.25) is 0 Å². The van der Waals surface area contributed by atoms with Gasteiger partial charge in [0.2, 0.25) is 5.91 Å². The zero-order valence-electron chi connectivity index (χ0n) is 12.9. The van der Waals surface area contributed by atoms with E-state index in [1.807, 2.05) is 0 Å². The van der Waals surface area contributed by atoms with E-state index in [-0.39, 0.29) is 6.04 Å². The Kier molecular flexibility index (Phi) is 4.65. The normalized spacial score (nSPS) is 36.2. The lowest BCUT2D eigenvalue weighted by Gasteiger charge is -2.38. The van der Waals surface area contributed by atoms with Crippen molar-refractivity contribution < 1.29 is 4.79 Å². The summed E-state index contributed by atoms with van der Waals surface area (Å²) in [5.41, 5.74) is 0. The summed E-state index contributed by atoms with van der Waals surface area (Å²) < 4.78 is 0. The number of rotatable bonds is 2. The average Bonchev–Trinajstić information content (AvgIpc) is 2.97. The van der Waals surface area contributed by atoms with E-state index in [0.29, 0.717) is 17.9 Å². The van der Waals surface area contributed by atoms with Gasteiger partial charge in [0.1, 0.15) is 0 Å². The predicted molar refractivity (Wildman–Crippen MR) is 81.5 cm³/mol. The number of carbonyl (C=O) groups is 1. The number of nitrogens with one attached hydrogen (secondary N) is 1. The van der Waals surface area contributed by atoms with Crippen LogP contribution in [0.4, 0.5) is 0 Å². The third kappa shape index (κ3) is 2.88. The third-order valence-electron chi connectivity index (χ3n) is 5.81. The quantitative estimate of drug-likeness (QED) is 0.842. The molecule has 2 saturated heterocycles. The lowest BCUT2D eigenvalue weighted by molar-refractivity contribution is -0.137. The summed E-state index contributed by atoms with van der Waals surface area (Å²) in [6.07, 6.45) is 11.7. The Morgan fingerprint density at radius 3 is 2.55 bits per heavy atom. The van der Waals surface area contributed by atoms with E-state index in [1.165, 1.54) is 57.8 Å². The maximum absolute atomic E-state index is 12.9. The second-order valence-corrected chi connectivity index (χ2v) is 7.19. The summed E-state index contributed by atoms with van der Waals surface area (Å²) in [6, 6.07) is 0.645. The van der Waals surface area contributed by atoms with Crippen molar-refractivity contribution in [1.29, 1.82) is 0 Å². The number of amides is 1. The molecule has 0 spiro atoms. The van der Waals surface area contributed by atoms with Gasteiger partial charge in [-0.2, -0.15) is 0 Å². The fourth-order valence-electron chi connectivity index (χ4n) is 4.63. The monoisotopic (exact) mass is 278 g/mol. The minimum absolute atomic E-state index is 0.0907. The molecule has 3 nitrogen and oxygen atoms in total. The molecule has 2 heterocycles. The summed E-state index contributed by atoms with van der Waals surface area (Å²) in [5, 5.41) is 3.48. The maximum atomic E-state index is 12.9. The highest BCUT2D eigenvalue weighted by Gasteiger charge is 2.39. The summed E-state index contributed by atoms with van der Waals surface area (Å²) in [6.45, 7) is 4.26. The Morgan fingerprint density at radius 1 is 1.00 bits per heavy atom. The van der Waals surface area contributed by atoms with Crippen molar-refractivity contribution in [2.75, 3.05) is 13.1 Å². The van der Waals surface area contributed by atoms with Crippen LogP contribution in [-0.4, -0.2) is 36.0 Å². The van der Waals surface area contributed by atoms with Gasteiger partial charge in [-0.15, -0.1) is 0 Å². The number of likely N-dealkylation sites (tertiary alicyclic amines) is 1. The third-order valence-corrected chi connectivity index (χ3v) is 5.81. The molecule has 20 heavy (non-hydrogen) atoms. The molecule has 1 amide bonds. The van der Waals surface area contributed by atoms with Gasteiger partial charge in [0.25, 0.3) is 0 Å². The summed E-state index contributed by atoms with van der Waals surface area (Å²) in [4.78, 5) is 15.2. The molecule has 0 aromatic carbocycles. The lowest BCUT2D eigenvalue weighted by Crippen LogP contribution is -2.54. The first-order valence-electron chi connectivity index (χ1n) is 8.81. The van der Waals surface area contributed by atoms with Crippen LogP contribution in [-0.2, 0) is 4.79 Å². The maximum Gasteiger partial charge on any atom is 0.240 e. The smallest absolute Gasteiger partial charge is 0.240 e. The van der Waals surface area contributed by atoms with Gasteiger partial charge in [-0.1, -0.05) is 26.2 Å². The zero-order chi connectivity index (χ0) is 13.9. The van der Waals surface area contributed by atoms with E-state index in [9.17, 15) is 4.79 Å². The highest BCUT2D eigenvalue weighted by molar-refractivity contribution is 5.83. The Hall–Kier alpha value is -0.570. The lowest BCUT2D eigenvalue weighted by atomic mass is 9.82. The van der Waals surface area contributed by atoms with Crippen molar-refractivity contribution in [2.24, 2.45) is 11.8 Å². The zero-order valence-corrected chi connectivity index (χ0v) is 12.9. The first kappa shape index (κ1) is 14.4. The van der Waals surface area contributed by atoms with Gasteiger partial charge in [-0.05, 0) is 56.9 Å².